The van der Waals surface area contributed by atoms with Gasteiger partial charge in [-0.1, -0.05) is 48.5 Å². The first-order valence-electron chi connectivity index (χ1n) is 9.13. The maximum absolute atomic E-state index is 12.9. The van der Waals surface area contributed by atoms with E-state index in [1.807, 2.05) is 67.7 Å². The minimum absolute atomic E-state index is 0.0357. The van der Waals surface area contributed by atoms with Gasteiger partial charge in [0.2, 0.25) is 5.91 Å². The molecule has 1 aliphatic rings. The molecule has 0 aliphatic carbocycles. The van der Waals surface area contributed by atoms with E-state index in [1.165, 1.54) is 5.56 Å². The molecule has 0 aromatic heterocycles. The van der Waals surface area contributed by atoms with Crippen LogP contribution in [-0.2, 0) is 11.3 Å². The molecule has 1 aliphatic heterocycles. The fraction of sp³-hybridized carbons (Fsp3) is 0.130. The van der Waals surface area contributed by atoms with E-state index >= 15 is 0 Å². The zero-order valence-corrected chi connectivity index (χ0v) is 17.6. The summed E-state index contributed by atoms with van der Waals surface area (Å²) in [6, 6.07) is 24.1. The highest BCUT2D eigenvalue weighted by Crippen LogP contribution is 2.37. The lowest BCUT2D eigenvalue weighted by Gasteiger charge is -2.14. The van der Waals surface area contributed by atoms with Crippen molar-refractivity contribution in [2.45, 2.75) is 12.5 Å². The van der Waals surface area contributed by atoms with Gasteiger partial charge in [-0.3, -0.25) is 9.79 Å². The van der Waals surface area contributed by atoms with Crippen LogP contribution in [0.5, 0.6) is 0 Å². The van der Waals surface area contributed by atoms with E-state index in [4.69, 9.17) is 4.99 Å². The van der Waals surface area contributed by atoms with E-state index < -0.39 is 5.92 Å². The van der Waals surface area contributed by atoms with Crippen LogP contribution >= 0.6 is 22.6 Å². The number of aliphatic imine (C=N–C) groups is 1. The summed E-state index contributed by atoms with van der Waals surface area (Å²) in [5.41, 5.74) is 5.59. The summed E-state index contributed by atoms with van der Waals surface area (Å²) in [4.78, 5) is 17.8. The number of rotatable bonds is 5. The highest BCUT2D eigenvalue weighted by molar-refractivity contribution is 14.1. The summed E-state index contributed by atoms with van der Waals surface area (Å²) in [5.74, 6) is -0.460. The molecule has 1 amide bonds. The van der Waals surface area contributed by atoms with Gasteiger partial charge in [0.1, 0.15) is 5.92 Å². The number of carbonyl (C=O) groups excluding carboxylic acids is 1. The molecular weight excluding hydrogens is 461 g/mol. The predicted octanol–water partition coefficient (Wildman–Crippen LogP) is 4.87. The molecule has 28 heavy (non-hydrogen) atoms. The van der Waals surface area contributed by atoms with Crippen LogP contribution in [-0.4, -0.2) is 18.7 Å². The second-order valence-electron chi connectivity index (χ2n) is 6.71. The highest BCUT2D eigenvalue weighted by atomic mass is 127. The maximum Gasteiger partial charge on any atom is 0.238 e. The van der Waals surface area contributed by atoms with Crippen molar-refractivity contribution in [3.8, 4) is 0 Å². The first-order chi connectivity index (χ1) is 13.7. The van der Waals surface area contributed by atoms with Crippen molar-refractivity contribution in [3.63, 3.8) is 0 Å². The molecule has 4 nitrogen and oxygen atoms in total. The Morgan fingerprint density at radius 2 is 1.82 bits per heavy atom. The van der Waals surface area contributed by atoms with Crippen LogP contribution < -0.4 is 10.6 Å². The molecule has 0 bridgehead atoms. The van der Waals surface area contributed by atoms with Crippen molar-refractivity contribution >= 4 is 45.6 Å². The van der Waals surface area contributed by atoms with Gasteiger partial charge in [-0.15, -0.1) is 0 Å². The van der Waals surface area contributed by atoms with Crippen LogP contribution in [0.25, 0.3) is 0 Å². The van der Waals surface area contributed by atoms with Gasteiger partial charge in [0.05, 0.1) is 11.4 Å². The highest BCUT2D eigenvalue weighted by Gasteiger charge is 2.35. The summed E-state index contributed by atoms with van der Waals surface area (Å²) in [6.45, 7) is 0.812. The number of amides is 1. The van der Waals surface area contributed by atoms with Gasteiger partial charge < -0.3 is 10.6 Å². The lowest BCUT2D eigenvalue weighted by Crippen LogP contribution is -2.21. The molecule has 1 heterocycles. The van der Waals surface area contributed by atoms with Crippen molar-refractivity contribution in [2.24, 2.45) is 4.99 Å². The molecule has 1 unspecified atom stereocenters. The average Bonchev–Trinajstić information content (AvgIpc) is 3.03. The molecule has 2 N–H and O–H groups in total. The number of benzene rings is 3. The Balaban J connectivity index is 1.80. The van der Waals surface area contributed by atoms with Crippen molar-refractivity contribution in [2.75, 3.05) is 12.4 Å². The van der Waals surface area contributed by atoms with Gasteiger partial charge >= 0.3 is 0 Å². The predicted molar refractivity (Wildman–Crippen MR) is 122 cm³/mol. The normalized spacial score (nSPS) is 16.0. The van der Waals surface area contributed by atoms with Crippen LogP contribution in [0.15, 0.2) is 77.8 Å². The number of fused-ring (bicyclic) bond motifs is 1. The Morgan fingerprint density at radius 3 is 2.54 bits per heavy atom. The van der Waals surface area contributed by atoms with E-state index in [9.17, 15) is 4.79 Å². The SMILES string of the molecule is CNCc1ccc(N=C(c2ccccc2)C2C(=O)Nc3cc(I)ccc32)cc1. The molecule has 0 spiro atoms. The standard InChI is InChI=1S/C23H20IN3O/c1-25-14-15-7-10-18(11-8-15)26-22(16-5-3-2-4-6-16)21-19-12-9-17(24)13-20(19)27-23(21)28/h2-13,21,25H,14H2,1H3,(H,27,28). The second-order valence-corrected chi connectivity index (χ2v) is 7.96. The van der Waals surface area contributed by atoms with Gasteiger partial charge in [-0.05, 0) is 70.6 Å². The molecule has 4 rings (SSSR count). The van der Waals surface area contributed by atoms with E-state index in [1.54, 1.807) is 0 Å². The summed E-state index contributed by atoms with van der Waals surface area (Å²) in [7, 11) is 1.93. The average molecular weight is 481 g/mol. The molecule has 140 valence electrons. The third-order valence-corrected chi connectivity index (χ3v) is 5.43. The fourth-order valence-electron chi connectivity index (χ4n) is 3.44. The zero-order chi connectivity index (χ0) is 19.5. The summed E-state index contributed by atoms with van der Waals surface area (Å²) in [5, 5.41) is 6.16. The van der Waals surface area contributed by atoms with E-state index in [2.05, 4.69) is 45.4 Å². The second kappa shape index (κ2) is 8.24. The van der Waals surface area contributed by atoms with Crippen LogP contribution in [0, 0.1) is 3.57 Å². The Hall–Kier alpha value is -2.51. The molecule has 5 heteroatoms. The minimum atomic E-state index is -0.425. The first-order valence-corrected chi connectivity index (χ1v) is 10.2. The number of nitrogens with zero attached hydrogens (tertiary/aromatic N) is 1. The lowest BCUT2D eigenvalue weighted by molar-refractivity contribution is -0.115. The summed E-state index contributed by atoms with van der Waals surface area (Å²) in [6.07, 6.45) is 0. The van der Waals surface area contributed by atoms with Gasteiger partial charge in [-0.25, -0.2) is 0 Å². The third-order valence-electron chi connectivity index (χ3n) is 4.76. The van der Waals surface area contributed by atoms with Crippen LogP contribution in [0.4, 0.5) is 11.4 Å². The number of anilines is 1. The van der Waals surface area contributed by atoms with Crippen molar-refractivity contribution in [3.05, 3.63) is 93.1 Å². The molecule has 0 radical (unpaired) electrons. The van der Waals surface area contributed by atoms with Crippen molar-refractivity contribution < 1.29 is 4.79 Å². The van der Waals surface area contributed by atoms with Gasteiger partial charge in [0, 0.05) is 15.8 Å². The molecular formula is C23H20IN3O. The largest absolute Gasteiger partial charge is 0.325 e. The Morgan fingerprint density at radius 1 is 1.07 bits per heavy atom. The third kappa shape index (κ3) is 3.86. The maximum atomic E-state index is 12.9. The Bertz CT molecular complexity index is 1030. The number of hydrogen-bond donors (Lipinski definition) is 2. The molecule has 0 saturated heterocycles. The lowest BCUT2D eigenvalue weighted by atomic mass is 9.90. The number of hydrogen-bond acceptors (Lipinski definition) is 3. The van der Waals surface area contributed by atoms with Crippen molar-refractivity contribution in [1.82, 2.24) is 5.32 Å². The van der Waals surface area contributed by atoms with E-state index in [-0.39, 0.29) is 5.91 Å². The molecule has 3 aromatic rings. The van der Waals surface area contributed by atoms with Crippen LogP contribution in [0.2, 0.25) is 0 Å². The van der Waals surface area contributed by atoms with Crippen LogP contribution in [0.1, 0.15) is 22.6 Å². The number of nitrogens with one attached hydrogen (secondary N) is 2. The number of carbonyl (C=O) groups is 1. The quantitative estimate of drug-likeness (QED) is 0.404. The van der Waals surface area contributed by atoms with Gasteiger partial charge in [0.15, 0.2) is 0 Å². The van der Waals surface area contributed by atoms with Gasteiger partial charge in [-0.2, -0.15) is 0 Å². The van der Waals surface area contributed by atoms with E-state index in [0.29, 0.717) is 0 Å². The smallest absolute Gasteiger partial charge is 0.238 e. The summed E-state index contributed by atoms with van der Waals surface area (Å²) < 4.78 is 1.09. The zero-order valence-electron chi connectivity index (χ0n) is 15.4. The van der Waals surface area contributed by atoms with Crippen molar-refractivity contribution in [1.29, 1.82) is 0 Å². The molecule has 3 aromatic carbocycles. The molecule has 0 fully saturated rings. The topological polar surface area (TPSA) is 53.5 Å². The summed E-state index contributed by atoms with van der Waals surface area (Å²) >= 11 is 2.26. The monoisotopic (exact) mass is 481 g/mol. The van der Waals surface area contributed by atoms with Crippen LogP contribution in [0.3, 0.4) is 0 Å². The van der Waals surface area contributed by atoms with Gasteiger partial charge in [0.25, 0.3) is 0 Å². The molecule has 0 saturated carbocycles. The first kappa shape index (κ1) is 18.8. The minimum Gasteiger partial charge on any atom is -0.325 e. The fourth-order valence-corrected chi connectivity index (χ4v) is 3.93. The van der Waals surface area contributed by atoms with E-state index in [0.717, 1.165) is 38.3 Å². The Kier molecular flexibility index (Phi) is 5.54. The number of halogens is 1. The molecule has 1 atom stereocenters. The Labute approximate surface area is 178 Å².